The fourth-order valence-electron chi connectivity index (χ4n) is 8.14. The molecule has 0 N–H and O–H groups in total. The molecule has 258 valence electrons. The van der Waals surface area contributed by atoms with Crippen molar-refractivity contribution in [2.24, 2.45) is 0 Å². The van der Waals surface area contributed by atoms with Gasteiger partial charge in [-0.1, -0.05) is 182 Å². The Balaban J connectivity index is 1.10. The number of nitrogens with zero attached hydrogens (tertiary/aromatic N) is 4. The first-order valence-electron chi connectivity index (χ1n) is 18.5. The van der Waals surface area contributed by atoms with Crippen molar-refractivity contribution in [1.29, 1.82) is 0 Å². The summed E-state index contributed by atoms with van der Waals surface area (Å²) in [5.74, 6) is 1.91. The lowest BCUT2D eigenvalue weighted by Crippen LogP contribution is -2.28. The Morgan fingerprint density at radius 3 is 1.09 bits per heavy atom. The third kappa shape index (κ3) is 5.63. The Kier molecular flexibility index (Phi) is 8.00. The quantitative estimate of drug-likeness (QED) is 0.166. The Labute approximate surface area is 320 Å². The first-order chi connectivity index (χ1) is 27.3. The average molecular weight is 703 g/mol. The zero-order valence-electron chi connectivity index (χ0n) is 29.9. The topological polar surface area (TPSA) is 51.6 Å². The van der Waals surface area contributed by atoms with Crippen molar-refractivity contribution in [1.82, 2.24) is 19.9 Å². The van der Waals surface area contributed by atoms with Crippen molar-refractivity contribution in [3.8, 4) is 67.5 Å². The van der Waals surface area contributed by atoms with Gasteiger partial charge in [-0.15, -0.1) is 0 Å². The van der Waals surface area contributed by atoms with Gasteiger partial charge in [-0.2, -0.15) is 0 Å². The largest absolute Gasteiger partial charge is 0.265 e. The third-order valence-electron chi connectivity index (χ3n) is 10.8. The third-order valence-corrected chi connectivity index (χ3v) is 10.8. The molecule has 10 rings (SSSR count). The smallest absolute Gasteiger partial charge is 0.164 e. The molecule has 55 heavy (non-hydrogen) atoms. The van der Waals surface area contributed by atoms with Crippen molar-refractivity contribution >= 4 is 0 Å². The number of hydrogen-bond donors (Lipinski definition) is 0. The Hall–Kier alpha value is -7.30. The fraction of sp³-hybridized carbons (Fsp3) is 0.0196. The van der Waals surface area contributed by atoms with Crippen molar-refractivity contribution in [2.75, 3.05) is 0 Å². The van der Waals surface area contributed by atoms with Gasteiger partial charge in [0.2, 0.25) is 0 Å². The lowest BCUT2D eigenvalue weighted by atomic mass is 9.67. The fourth-order valence-corrected chi connectivity index (χ4v) is 8.14. The molecule has 1 aliphatic carbocycles. The van der Waals surface area contributed by atoms with E-state index in [0.717, 1.165) is 33.4 Å². The first kappa shape index (κ1) is 32.4. The summed E-state index contributed by atoms with van der Waals surface area (Å²) in [6, 6.07) is 68.6. The number of pyridine rings is 1. The van der Waals surface area contributed by atoms with Crippen LogP contribution in [-0.2, 0) is 5.41 Å². The van der Waals surface area contributed by atoms with E-state index in [1.807, 2.05) is 48.8 Å². The molecule has 0 saturated carbocycles. The molecule has 7 aromatic carbocycles. The second-order valence-corrected chi connectivity index (χ2v) is 13.8. The predicted molar refractivity (Wildman–Crippen MR) is 222 cm³/mol. The average Bonchev–Trinajstić information content (AvgIpc) is 3.58. The Morgan fingerprint density at radius 1 is 0.273 bits per heavy atom. The van der Waals surface area contributed by atoms with E-state index in [1.165, 1.54) is 38.9 Å². The molecule has 9 aromatic rings. The van der Waals surface area contributed by atoms with Crippen LogP contribution in [0.3, 0.4) is 0 Å². The van der Waals surface area contributed by atoms with Gasteiger partial charge in [-0.3, -0.25) is 4.98 Å². The van der Waals surface area contributed by atoms with E-state index in [-0.39, 0.29) is 0 Å². The second kappa shape index (κ2) is 13.6. The van der Waals surface area contributed by atoms with Crippen molar-refractivity contribution < 1.29 is 0 Å². The summed E-state index contributed by atoms with van der Waals surface area (Å²) in [6.45, 7) is 0. The van der Waals surface area contributed by atoms with E-state index in [2.05, 4.69) is 163 Å². The minimum absolute atomic E-state index is 0.525. The number of rotatable bonds is 7. The van der Waals surface area contributed by atoms with Gasteiger partial charge in [0.15, 0.2) is 17.5 Å². The van der Waals surface area contributed by atoms with Crippen LogP contribution < -0.4 is 0 Å². The summed E-state index contributed by atoms with van der Waals surface area (Å²) in [5.41, 5.74) is 14.3. The van der Waals surface area contributed by atoms with E-state index in [1.54, 1.807) is 0 Å². The molecule has 0 unspecified atom stereocenters. The standard InChI is InChI=1S/C51H34N4/c1-3-11-35(12-4-1)36-19-21-40(22-20-36)49-53-48(39-13-5-2-6-14-39)54-50(55-49)41-25-29-43(30-26-41)51(42-27-23-37(24-28-42)38-31-33-52-34-32-38)46-17-9-7-15-44(46)45-16-8-10-18-47(45)51/h1-34H. The molecule has 0 amide bonds. The van der Waals surface area contributed by atoms with Gasteiger partial charge in [0.1, 0.15) is 0 Å². The molecule has 4 nitrogen and oxygen atoms in total. The number of fused-ring (bicyclic) bond motifs is 3. The molecule has 0 aliphatic heterocycles. The van der Waals surface area contributed by atoms with E-state index < -0.39 is 5.41 Å². The number of benzene rings is 7. The highest BCUT2D eigenvalue weighted by Gasteiger charge is 2.45. The molecule has 0 atom stereocenters. The normalized spacial score (nSPS) is 12.5. The van der Waals surface area contributed by atoms with Crippen LogP contribution in [-0.4, -0.2) is 19.9 Å². The van der Waals surface area contributed by atoms with Crippen LogP contribution in [0.5, 0.6) is 0 Å². The van der Waals surface area contributed by atoms with Gasteiger partial charge in [-0.05, 0) is 67.8 Å². The molecule has 1 aliphatic rings. The SMILES string of the molecule is c1ccc(-c2ccc(-c3nc(-c4ccccc4)nc(-c4ccc(C5(c6ccc(-c7ccncc7)cc6)c6ccccc6-c6ccccc65)cc4)n3)cc2)cc1. The first-order valence-corrected chi connectivity index (χ1v) is 18.5. The maximum atomic E-state index is 5.09. The summed E-state index contributed by atoms with van der Waals surface area (Å²) in [4.78, 5) is 19.3. The maximum absolute atomic E-state index is 5.09. The maximum Gasteiger partial charge on any atom is 0.164 e. The zero-order chi connectivity index (χ0) is 36.6. The van der Waals surface area contributed by atoms with Crippen LogP contribution in [0, 0.1) is 0 Å². The lowest BCUT2D eigenvalue weighted by molar-refractivity contribution is 0.768. The Morgan fingerprint density at radius 2 is 0.600 bits per heavy atom. The van der Waals surface area contributed by atoms with Gasteiger partial charge in [0, 0.05) is 29.1 Å². The summed E-state index contributed by atoms with van der Waals surface area (Å²) in [6.07, 6.45) is 3.69. The molecule has 2 aromatic heterocycles. The zero-order valence-corrected chi connectivity index (χ0v) is 29.9. The van der Waals surface area contributed by atoms with Gasteiger partial charge < -0.3 is 0 Å². The molecule has 4 heteroatoms. The highest BCUT2D eigenvalue weighted by atomic mass is 15.0. The summed E-state index contributed by atoms with van der Waals surface area (Å²) in [5, 5.41) is 0. The lowest BCUT2D eigenvalue weighted by Gasteiger charge is -2.34. The van der Waals surface area contributed by atoms with E-state index in [9.17, 15) is 0 Å². The summed E-state index contributed by atoms with van der Waals surface area (Å²) < 4.78 is 0. The van der Waals surface area contributed by atoms with E-state index in [0.29, 0.717) is 17.5 Å². The minimum Gasteiger partial charge on any atom is -0.265 e. The van der Waals surface area contributed by atoms with Crippen LogP contribution in [0.15, 0.2) is 207 Å². The van der Waals surface area contributed by atoms with Crippen molar-refractivity contribution in [3.05, 3.63) is 229 Å². The molecular weight excluding hydrogens is 669 g/mol. The van der Waals surface area contributed by atoms with E-state index >= 15 is 0 Å². The molecule has 0 fully saturated rings. The molecule has 0 saturated heterocycles. The van der Waals surface area contributed by atoms with Crippen LogP contribution in [0.25, 0.3) is 67.5 Å². The summed E-state index contributed by atoms with van der Waals surface area (Å²) in [7, 11) is 0. The van der Waals surface area contributed by atoms with E-state index in [4.69, 9.17) is 15.0 Å². The van der Waals surface area contributed by atoms with Gasteiger partial charge in [-0.25, -0.2) is 15.0 Å². The van der Waals surface area contributed by atoms with Crippen LogP contribution in [0.2, 0.25) is 0 Å². The molecule has 0 bridgehead atoms. The Bertz CT molecular complexity index is 2720. The van der Waals surface area contributed by atoms with Crippen molar-refractivity contribution in [2.45, 2.75) is 5.41 Å². The highest BCUT2D eigenvalue weighted by molar-refractivity contribution is 5.86. The minimum atomic E-state index is -0.525. The molecule has 0 radical (unpaired) electrons. The molecular formula is C51H34N4. The molecule has 2 heterocycles. The van der Waals surface area contributed by atoms with Gasteiger partial charge in [0.05, 0.1) is 5.41 Å². The second-order valence-electron chi connectivity index (χ2n) is 13.8. The predicted octanol–water partition coefficient (Wildman–Crippen LogP) is 12.0. The summed E-state index contributed by atoms with van der Waals surface area (Å²) >= 11 is 0. The molecule has 0 spiro atoms. The number of aromatic nitrogens is 4. The van der Waals surface area contributed by atoms with Crippen molar-refractivity contribution in [3.63, 3.8) is 0 Å². The monoisotopic (exact) mass is 702 g/mol. The van der Waals surface area contributed by atoms with Crippen LogP contribution in [0.4, 0.5) is 0 Å². The van der Waals surface area contributed by atoms with Gasteiger partial charge >= 0.3 is 0 Å². The highest BCUT2D eigenvalue weighted by Crippen LogP contribution is 2.56. The van der Waals surface area contributed by atoms with Crippen LogP contribution in [0.1, 0.15) is 22.3 Å². The number of hydrogen-bond acceptors (Lipinski definition) is 4. The van der Waals surface area contributed by atoms with Crippen LogP contribution >= 0.6 is 0 Å². The van der Waals surface area contributed by atoms with Gasteiger partial charge in [0.25, 0.3) is 0 Å².